The zero-order chi connectivity index (χ0) is 21.9. The Morgan fingerprint density at radius 3 is 2.67 bits per heavy atom. The predicted octanol–water partition coefficient (Wildman–Crippen LogP) is 2.26. The molecule has 1 fully saturated rings. The molecule has 1 aliphatic rings. The van der Waals surface area contributed by atoms with Gasteiger partial charge in [-0.3, -0.25) is 4.68 Å². The lowest BCUT2D eigenvalue weighted by atomic mass is 10.0. The number of benzene rings is 1. The quantitative estimate of drug-likeness (QED) is 0.529. The molecule has 0 unspecified atom stereocenters. The van der Waals surface area contributed by atoms with Crippen LogP contribution in [0.15, 0.2) is 35.0 Å². The fourth-order valence-corrected chi connectivity index (χ4v) is 4.82. The van der Waals surface area contributed by atoms with Crippen LogP contribution in [0, 0.1) is 0 Å². The number of hydrogen-bond donors (Lipinski definition) is 1. The monoisotopic (exact) mass is 454 g/mol. The Morgan fingerprint density at radius 2 is 2.07 bits per heavy atom. The van der Waals surface area contributed by atoms with E-state index in [1.807, 2.05) is 13.8 Å². The SMILES string of the molecule is CC(C)c1cc(Cl)cc(N/C([O-])=N/S(=O)(=O)N(c2cnn(C)c2)C2CCOCC2)c1. The normalized spacial score (nSPS) is 16.1. The molecule has 0 radical (unpaired) electrons. The van der Waals surface area contributed by atoms with Crippen LogP contribution in [0.2, 0.25) is 5.02 Å². The molecule has 0 saturated carbocycles. The van der Waals surface area contributed by atoms with E-state index < -0.39 is 16.2 Å². The number of aromatic nitrogens is 2. The van der Waals surface area contributed by atoms with Crippen LogP contribution in [0.3, 0.4) is 0 Å². The molecular formula is C19H25ClN5O4S-. The van der Waals surface area contributed by atoms with Gasteiger partial charge in [0.25, 0.3) is 0 Å². The van der Waals surface area contributed by atoms with E-state index in [2.05, 4.69) is 14.8 Å². The lowest BCUT2D eigenvalue weighted by Gasteiger charge is -2.32. The van der Waals surface area contributed by atoms with Gasteiger partial charge in [0.15, 0.2) is 0 Å². The van der Waals surface area contributed by atoms with E-state index in [9.17, 15) is 13.5 Å². The molecular weight excluding hydrogens is 430 g/mol. The first-order chi connectivity index (χ1) is 14.2. The van der Waals surface area contributed by atoms with E-state index >= 15 is 0 Å². The van der Waals surface area contributed by atoms with Gasteiger partial charge in [0.1, 0.15) is 0 Å². The van der Waals surface area contributed by atoms with Crippen LogP contribution in [0.25, 0.3) is 0 Å². The van der Waals surface area contributed by atoms with Crippen molar-refractivity contribution >= 4 is 39.2 Å². The van der Waals surface area contributed by atoms with Crippen molar-refractivity contribution in [1.29, 1.82) is 0 Å². The van der Waals surface area contributed by atoms with Crippen LogP contribution < -0.4 is 14.7 Å². The fourth-order valence-electron chi connectivity index (χ4n) is 3.29. The van der Waals surface area contributed by atoms with Crippen LogP contribution in [-0.2, 0) is 22.0 Å². The lowest BCUT2D eigenvalue weighted by molar-refractivity contribution is -0.213. The van der Waals surface area contributed by atoms with Crippen molar-refractivity contribution in [2.24, 2.45) is 11.4 Å². The highest BCUT2D eigenvalue weighted by Crippen LogP contribution is 2.27. The molecule has 1 aliphatic heterocycles. The molecule has 2 aromatic rings. The highest BCUT2D eigenvalue weighted by Gasteiger charge is 2.32. The second kappa shape index (κ2) is 9.23. The predicted molar refractivity (Wildman–Crippen MR) is 115 cm³/mol. The smallest absolute Gasteiger partial charge is 0.345 e. The number of ether oxygens (including phenoxy) is 1. The molecule has 30 heavy (non-hydrogen) atoms. The zero-order valence-electron chi connectivity index (χ0n) is 17.1. The molecule has 0 amide bonds. The number of rotatable bonds is 6. The molecule has 1 N–H and O–H groups in total. The number of halogens is 1. The summed E-state index contributed by atoms with van der Waals surface area (Å²) in [5.41, 5.74) is 1.65. The van der Waals surface area contributed by atoms with Gasteiger partial charge in [0.2, 0.25) is 0 Å². The molecule has 2 heterocycles. The van der Waals surface area contributed by atoms with Crippen molar-refractivity contribution in [2.75, 3.05) is 22.8 Å². The summed E-state index contributed by atoms with van der Waals surface area (Å²) in [5, 5.41) is 19.5. The third kappa shape index (κ3) is 5.44. The first-order valence-electron chi connectivity index (χ1n) is 9.61. The minimum atomic E-state index is -4.31. The van der Waals surface area contributed by atoms with Crippen molar-refractivity contribution < 1.29 is 18.3 Å². The summed E-state index contributed by atoms with van der Waals surface area (Å²) in [5.74, 6) is 0.189. The summed E-state index contributed by atoms with van der Waals surface area (Å²) >= 11 is 6.12. The van der Waals surface area contributed by atoms with E-state index in [0.717, 1.165) is 9.87 Å². The van der Waals surface area contributed by atoms with Gasteiger partial charge in [-0.15, -0.1) is 4.40 Å². The Kier molecular flexibility index (Phi) is 6.89. The number of nitrogens with one attached hydrogen (secondary N) is 1. The van der Waals surface area contributed by atoms with Crippen LogP contribution in [0.1, 0.15) is 38.2 Å². The fraction of sp³-hybridized carbons (Fsp3) is 0.474. The largest absolute Gasteiger partial charge is 0.845 e. The van der Waals surface area contributed by atoms with Crippen LogP contribution in [0.4, 0.5) is 11.4 Å². The second-order valence-corrected chi connectivity index (χ2v) is 9.35. The van der Waals surface area contributed by atoms with E-state index in [4.69, 9.17) is 16.3 Å². The average Bonchev–Trinajstić information content (AvgIpc) is 3.06. The third-order valence-electron chi connectivity index (χ3n) is 4.75. The zero-order valence-corrected chi connectivity index (χ0v) is 18.7. The Bertz CT molecular complexity index is 1020. The highest BCUT2D eigenvalue weighted by atomic mass is 35.5. The molecule has 0 aliphatic carbocycles. The minimum absolute atomic E-state index is 0.189. The Hall–Kier alpha value is -2.30. The molecule has 9 nitrogen and oxygen atoms in total. The summed E-state index contributed by atoms with van der Waals surface area (Å²) in [6, 6.07) is 3.72. The summed E-state index contributed by atoms with van der Waals surface area (Å²) in [6.07, 6.45) is 4.01. The Labute approximate surface area is 181 Å². The van der Waals surface area contributed by atoms with Gasteiger partial charge in [-0.05, 0) is 42.5 Å². The summed E-state index contributed by atoms with van der Waals surface area (Å²) < 4.78 is 37.6. The summed E-state index contributed by atoms with van der Waals surface area (Å²) in [4.78, 5) is 0. The van der Waals surface area contributed by atoms with Crippen molar-refractivity contribution in [3.8, 4) is 0 Å². The number of hydrogen-bond acceptors (Lipinski definition) is 5. The van der Waals surface area contributed by atoms with Gasteiger partial charge in [-0.2, -0.15) is 13.5 Å². The minimum Gasteiger partial charge on any atom is -0.845 e. The average molecular weight is 455 g/mol. The summed E-state index contributed by atoms with van der Waals surface area (Å²) in [7, 11) is -2.63. The summed E-state index contributed by atoms with van der Waals surface area (Å²) in [6.45, 7) is 4.85. The van der Waals surface area contributed by atoms with Gasteiger partial charge < -0.3 is 15.2 Å². The number of aryl methyl sites for hydroxylation is 1. The maximum Gasteiger partial charge on any atom is 0.345 e. The van der Waals surface area contributed by atoms with Crippen molar-refractivity contribution in [2.45, 2.75) is 38.6 Å². The van der Waals surface area contributed by atoms with Gasteiger partial charge >= 0.3 is 10.2 Å². The Morgan fingerprint density at radius 1 is 1.37 bits per heavy atom. The standard InChI is InChI=1S/C19H26ClN5O4S/c1-13(2)14-8-15(20)10-16(9-14)22-19(26)23-30(27,28)25(17-4-6-29-7-5-17)18-11-21-24(3)12-18/h8-13,17H,4-7H2,1-3H3,(H2,22,23,26)/p-1. The molecule has 3 rings (SSSR count). The van der Waals surface area contributed by atoms with E-state index in [-0.39, 0.29) is 12.0 Å². The topological polar surface area (TPSA) is 112 Å². The molecule has 0 spiro atoms. The molecule has 1 aromatic carbocycles. The molecule has 1 aromatic heterocycles. The van der Waals surface area contributed by atoms with Crippen LogP contribution in [0.5, 0.6) is 0 Å². The maximum absolute atomic E-state index is 13.1. The number of amidine groups is 1. The van der Waals surface area contributed by atoms with E-state index in [1.165, 1.54) is 10.9 Å². The highest BCUT2D eigenvalue weighted by molar-refractivity contribution is 7.91. The molecule has 11 heteroatoms. The Balaban J connectivity index is 1.90. The van der Waals surface area contributed by atoms with Gasteiger partial charge in [-0.1, -0.05) is 25.4 Å². The van der Waals surface area contributed by atoms with Gasteiger partial charge in [0.05, 0.1) is 23.9 Å². The number of nitrogens with zero attached hydrogens (tertiary/aromatic N) is 4. The van der Waals surface area contributed by atoms with Crippen molar-refractivity contribution in [1.82, 2.24) is 9.78 Å². The molecule has 1 saturated heterocycles. The van der Waals surface area contributed by atoms with Crippen LogP contribution in [-0.4, -0.2) is 43.5 Å². The van der Waals surface area contributed by atoms with Gasteiger partial charge in [0, 0.05) is 37.2 Å². The van der Waals surface area contributed by atoms with Crippen LogP contribution >= 0.6 is 11.6 Å². The van der Waals surface area contributed by atoms with E-state index in [0.29, 0.717) is 42.5 Å². The molecule has 0 atom stereocenters. The molecule has 0 bridgehead atoms. The maximum atomic E-state index is 13.1. The third-order valence-corrected chi connectivity index (χ3v) is 6.37. The van der Waals surface area contributed by atoms with Crippen molar-refractivity contribution in [3.05, 3.63) is 41.2 Å². The lowest BCUT2D eigenvalue weighted by Crippen LogP contribution is -2.44. The molecule has 164 valence electrons. The second-order valence-electron chi connectivity index (χ2n) is 7.44. The first-order valence-corrected chi connectivity index (χ1v) is 11.4. The van der Waals surface area contributed by atoms with E-state index in [1.54, 1.807) is 31.4 Å². The van der Waals surface area contributed by atoms with Gasteiger partial charge in [-0.25, -0.2) is 4.31 Å². The number of anilines is 2. The first kappa shape index (κ1) is 22.4. The van der Waals surface area contributed by atoms with Crippen molar-refractivity contribution in [3.63, 3.8) is 0 Å².